The van der Waals surface area contributed by atoms with Crippen molar-refractivity contribution in [1.82, 2.24) is 0 Å². The van der Waals surface area contributed by atoms with E-state index in [1.807, 2.05) is 6.92 Å². The molecule has 0 fully saturated rings. The maximum absolute atomic E-state index is 15.2. The van der Waals surface area contributed by atoms with Gasteiger partial charge in [0.15, 0.2) is 6.61 Å². The smallest absolute Gasteiger partial charge is 0.341 e. The van der Waals surface area contributed by atoms with Crippen molar-refractivity contribution in [2.45, 2.75) is 26.7 Å². The fourth-order valence-corrected chi connectivity index (χ4v) is 3.46. The quantitative estimate of drug-likeness (QED) is 0.545. The first-order chi connectivity index (χ1) is 14.3. The molecule has 3 nitrogen and oxygen atoms in total. The number of benzene rings is 3. The van der Waals surface area contributed by atoms with Gasteiger partial charge in [-0.15, -0.1) is 0 Å². The number of ether oxygens (including phenoxy) is 1. The van der Waals surface area contributed by atoms with Gasteiger partial charge in [0.2, 0.25) is 0 Å². The van der Waals surface area contributed by atoms with Crippen LogP contribution in [0.25, 0.3) is 11.1 Å². The lowest BCUT2D eigenvalue weighted by Crippen LogP contribution is -2.11. The number of hydrogen-bond acceptors (Lipinski definition) is 2. The second-order valence-corrected chi connectivity index (χ2v) is 7.13. The Morgan fingerprint density at radius 2 is 1.77 bits per heavy atom. The molecule has 0 unspecified atom stereocenters. The Kier molecular flexibility index (Phi) is 6.45. The minimum absolute atomic E-state index is 0.199. The van der Waals surface area contributed by atoms with Gasteiger partial charge in [0.1, 0.15) is 23.2 Å². The third-order valence-electron chi connectivity index (χ3n) is 4.92. The van der Waals surface area contributed by atoms with Gasteiger partial charge in [0, 0.05) is 5.56 Å². The predicted molar refractivity (Wildman–Crippen MR) is 108 cm³/mol. The van der Waals surface area contributed by atoms with Gasteiger partial charge in [-0.05, 0) is 79.3 Å². The van der Waals surface area contributed by atoms with Crippen LogP contribution in [0.1, 0.15) is 22.3 Å². The van der Waals surface area contributed by atoms with Gasteiger partial charge in [-0.1, -0.05) is 23.8 Å². The summed E-state index contributed by atoms with van der Waals surface area (Å²) in [5.74, 6) is -2.24. The maximum Gasteiger partial charge on any atom is 0.341 e. The molecular weight excluding hydrogens is 393 g/mol. The van der Waals surface area contributed by atoms with Crippen molar-refractivity contribution in [3.8, 4) is 16.9 Å². The number of carbonyl (C=O) groups is 1. The second kappa shape index (κ2) is 9.03. The lowest BCUT2D eigenvalue weighted by molar-refractivity contribution is -0.139. The molecule has 0 bridgehead atoms. The highest BCUT2D eigenvalue weighted by molar-refractivity contribution is 5.68. The Bertz CT molecular complexity index is 1090. The highest BCUT2D eigenvalue weighted by Gasteiger charge is 2.16. The van der Waals surface area contributed by atoms with Crippen LogP contribution in [-0.4, -0.2) is 17.7 Å². The van der Waals surface area contributed by atoms with E-state index in [1.165, 1.54) is 30.3 Å². The summed E-state index contributed by atoms with van der Waals surface area (Å²) in [6.07, 6.45) is 0.418. The number of rotatable bonds is 7. The molecule has 0 saturated heterocycles. The highest BCUT2D eigenvalue weighted by Crippen LogP contribution is 2.30. The van der Waals surface area contributed by atoms with E-state index in [1.54, 1.807) is 25.1 Å². The number of carboxylic acids is 1. The largest absolute Gasteiger partial charge is 0.482 e. The molecule has 0 heterocycles. The Hall–Kier alpha value is -3.28. The SMILES string of the molecule is Cc1cc(CCc2c(F)ccc(OCC(=O)O)c2C)c(F)c(-c2cccc(F)c2)c1. The zero-order valence-electron chi connectivity index (χ0n) is 16.6. The van der Waals surface area contributed by atoms with E-state index in [0.717, 1.165) is 5.56 Å². The minimum Gasteiger partial charge on any atom is -0.482 e. The number of aryl methyl sites for hydroxylation is 2. The summed E-state index contributed by atoms with van der Waals surface area (Å²) < 4.78 is 48.3. The number of carboxylic acid groups (broad SMARTS) is 1. The highest BCUT2D eigenvalue weighted by atomic mass is 19.1. The zero-order chi connectivity index (χ0) is 21.8. The summed E-state index contributed by atoms with van der Waals surface area (Å²) in [5, 5.41) is 8.77. The molecule has 3 rings (SSSR count). The molecule has 0 spiro atoms. The molecule has 0 radical (unpaired) electrons. The molecule has 1 N–H and O–H groups in total. The van der Waals surface area contributed by atoms with Crippen LogP contribution in [0.5, 0.6) is 5.75 Å². The molecule has 0 amide bonds. The van der Waals surface area contributed by atoms with Crippen LogP contribution in [0.15, 0.2) is 48.5 Å². The molecule has 3 aromatic carbocycles. The van der Waals surface area contributed by atoms with Crippen molar-refractivity contribution in [2.75, 3.05) is 6.61 Å². The Morgan fingerprint density at radius 3 is 2.47 bits per heavy atom. The lowest BCUT2D eigenvalue weighted by Gasteiger charge is -2.14. The first kappa shape index (κ1) is 21.4. The molecule has 0 aliphatic carbocycles. The van der Waals surface area contributed by atoms with E-state index in [4.69, 9.17) is 9.84 Å². The molecule has 0 saturated carbocycles. The fraction of sp³-hybridized carbons (Fsp3) is 0.208. The van der Waals surface area contributed by atoms with Crippen LogP contribution in [0.2, 0.25) is 0 Å². The van der Waals surface area contributed by atoms with Crippen LogP contribution in [0.3, 0.4) is 0 Å². The van der Waals surface area contributed by atoms with Crippen LogP contribution >= 0.6 is 0 Å². The third-order valence-corrected chi connectivity index (χ3v) is 4.92. The van der Waals surface area contributed by atoms with Gasteiger partial charge in [-0.25, -0.2) is 18.0 Å². The van der Waals surface area contributed by atoms with Gasteiger partial charge in [0.05, 0.1) is 0 Å². The van der Waals surface area contributed by atoms with Crippen molar-refractivity contribution < 1.29 is 27.8 Å². The van der Waals surface area contributed by atoms with Crippen molar-refractivity contribution in [3.63, 3.8) is 0 Å². The van der Waals surface area contributed by atoms with Crippen LogP contribution < -0.4 is 4.74 Å². The molecule has 0 aliphatic rings. The lowest BCUT2D eigenvalue weighted by atomic mass is 9.94. The number of halogens is 3. The third kappa shape index (κ3) is 4.82. The number of aliphatic carboxylic acids is 1. The maximum atomic E-state index is 15.2. The minimum atomic E-state index is -1.13. The van der Waals surface area contributed by atoms with Crippen LogP contribution in [0, 0.1) is 31.3 Å². The van der Waals surface area contributed by atoms with Gasteiger partial charge < -0.3 is 9.84 Å². The van der Waals surface area contributed by atoms with Gasteiger partial charge >= 0.3 is 5.97 Å². The van der Waals surface area contributed by atoms with E-state index < -0.39 is 30.0 Å². The van der Waals surface area contributed by atoms with Crippen molar-refractivity contribution in [1.29, 1.82) is 0 Å². The Morgan fingerprint density at radius 1 is 1.00 bits per heavy atom. The van der Waals surface area contributed by atoms with E-state index in [0.29, 0.717) is 27.8 Å². The fourth-order valence-electron chi connectivity index (χ4n) is 3.46. The Balaban J connectivity index is 1.89. The van der Waals surface area contributed by atoms with E-state index in [9.17, 15) is 13.6 Å². The topological polar surface area (TPSA) is 46.5 Å². The summed E-state index contributed by atoms with van der Waals surface area (Å²) in [6, 6.07) is 11.7. The first-order valence-corrected chi connectivity index (χ1v) is 9.43. The molecule has 30 heavy (non-hydrogen) atoms. The Labute approximate surface area is 172 Å². The van der Waals surface area contributed by atoms with E-state index in [-0.39, 0.29) is 18.6 Å². The van der Waals surface area contributed by atoms with Gasteiger partial charge in [0.25, 0.3) is 0 Å². The van der Waals surface area contributed by atoms with Gasteiger partial charge in [-0.2, -0.15) is 0 Å². The van der Waals surface area contributed by atoms with E-state index >= 15 is 4.39 Å². The van der Waals surface area contributed by atoms with Crippen molar-refractivity contribution >= 4 is 5.97 Å². The average molecular weight is 414 g/mol. The predicted octanol–water partition coefficient (Wildman–Crippen LogP) is 5.64. The molecule has 156 valence electrons. The summed E-state index contributed by atoms with van der Waals surface area (Å²) in [7, 11) is 0. The molecule has 0 aliphatic heterocycles. The molecule has 6 heteroatoms. The monoisotopic (exact) mass is 414 g/mol. The summed E-state index contributed by atoms with van der Waals surface area (Å²) >= 11 is 0. The average Bonchev–Trinajstić information content (AvgIpc) is 2.69. The summed E-state index contributed by atoms with van der Waals surface area (Å²) in [5.41, 5.74) is 2.75. The van der Waals surface area contributed by atoms with Crippen LogP contribution in [0.4, 0.5) is 13.2 Å². The van der Waals surface area contributed by atoms with Crippen molar-refractivity contribution in [2.24, 2.45) is 0 Å². The first-order valence-electron chi connectivity index (χ1n) is 9.43. The molecule has 0 atom stereocenters. The second-order valence-electron chi connectivity index (χ2n) is 7.13. The summed E-state index contributed by atoms with van der Waals surface area (Å²) in [6.45, 7) is 2.92. The number of hydrogen-bond donors (Lipinski definition) is 1. The van der Waals surface area contributed by atoms with Crippen molar-refractivity contribution in [3.05, 3.63) is 88.2 Å². The van der Waals surface area contributed by atoms with Gasteiger partial charge in [-0.3, -0.25) is 0 Å². The molecule has 3 aromatic rings. The molecule has 0 aromatic heterocycles. The summed E-state index contributed by atoms with van der Waals surface area (Å²) in [4.78, 5) is 10.7. The normalized spacial score (nSPS) is 10.8. The van der Waals surface area contributed by atoms with Crippen LogP contribution in [-0.2, 0) is 17.6 Å². The van der Waals surface area contributed by atoms with E-state index in [2.05, 4.69) is 0 Å². The zero-order valence-corrected chi connectivity index (χ0v) is 16.6. The standard InChI is InChI=1S/C24H21F3O3/c1-14-10-17(24(27)20(11-14)16-4-3-5-18(25)12-16)6-7-19-15(2)22(9-8-21(19)26)30-13-23(28)29/h3-5,8-12H,6-7,13H2,1-2H3,(H,28,29). The molecular formula is C24H21F3O3.